The summed E-state index contributed by atoms with van der Waals surface area (Å²) in [5.74, 6) is 2.65. The molecule has 0 aromatic carbocycles. The van der Waals surface area contributed by atoms with E-state index in [1.165, 1.54) is 37.3 Å². The van der Waals surface area contributed by atoms with Gasteiger partial charge in [0.15, 0.2) is 0 Å². The van der Waals surface area contributed by atoms with E-state index in [2.05, 4.69) is 35.9 Å². The van der Waals surface area contributed by atoms with Crippen LogP contribution in [0, 0.1) is 5.41 Å². The van der Waals surface area contributed by atoms with Crippen molar-refractivity contribution in [2.45, 2.75) is 32.2 Å². The van der Waals surface area contributed by atoms with Gasteiger partial charge in [-0.05, 0) is 38.6 Å². The Hall–Kier alpha value is 0.230. The molecule has 0 bridgehead atoms. The van der Waals surface area contributed by atoms with Gasteiger partial charge in [-0.25, -0.2) is 0 Å². The summed E-state index contributed by atoms with van der Waals surface area (Å²) in [5, 5.41) is 3.54. The maximum absolute atomic E-state index is 5.77. The van der Waals surface area contributed by atoms with E-state index in [1.54, 1.807) is 0 Å². The quantitative estimate of drug-likeness (QED) is 0.797. The summed E-state index contributed by atoms with van der Waals surface area (Å²) in [6.07, 6.45) is 3.89. The Labute approximate surface area is 116 Å². The SMILES string of the molecule is CCNCC1(CN(C)C2CCSC2)CCCOC1. The van der Waals surface area contributed by atoms with Gasteiger partial charge in [0.05, 0.1) is 6.61 Å². The standard InChI is InChI=1S/C14H28N2OS/c1-3-15-10-14(6-4-7-17-12-14)11-16(2)13-5-8-18-9-13/h13,15H,3-12H2,1-2H3. The number of hydrogen-bond acceptors (Lipinski definition) is 4. The first kappa shape index (κ1) is 14.6. The van der Waals surface area contributed by atoms with Crippen LogP contribution < -0.4 is 5.32 Å². The summed E-state index contributed by atoms with van der Waals surface area (Å²) in [4.78, 5) is 2.59. The molecular weight excluding hydrogens is 244 g/mol. The van der Waals surface area contributed by atoms with Crippen molar-refractivity contribution in [1.82, 2.24) is 10.2 Å². The molecule has 2 unspecified atom stereocenters. The average Bonchev–Trinajstić information content (AvgIpc) is 2.91. The highest BCUT2D eigenvalue weighted by Crippen LogP contribution is 2.31. The number of ether oxygens (including phenoxy) is 1. The molecule has 2 heterocycles. The molecule has 0 amide bonds. The van der Waals surface area contributed by atoms with Gasteiger partial charge in [-0.1, -0.05) is 6.92 Å². The first-order valence-corrected chi connectivity index (χ1v) is 8.48. The normalized spacial score (nSPS) is 33.2. The van der Waals surface area contributed by atoms with Crippen molar-refractivity contribution in [1.29, 1.82) is 0 Å². The van der Waals surface area contributed by atoms with Gasteiger partial charge in [0.25, 0.3) is 0 Å². The van der Waals surface area contributed by atoms with Gasteiger partial charge in [-0.2, -0.15) is 11.8 Å². The van der Waals surface area contributed by atoms with Gasteiger partial charge in [-0.15, -0.1) is 0 Å². The van der Waals surface area contributed by atoms with Crippen LogP contribution in [0.2, 0.25) is 0 Å². The van der Waals surface area contributed by atoms with Crippen LogP contribution >= 0.6 is 11.8 Å². The summed E-state index contributed by atoms with van der Waals surface area (Å²) < 4.78 is 5.77. The van der Waals surface area contributed by atoms with Crippen molar-refractivity contribution in [3.05, 3.63) is 0 Å². The van der Waals surface area contributed by atoms with Crippen LogP contribution in [0.5, 0.6) is 0 Å². The Bertz CT molecular complexity index is 238. The average molecular weight is 272 g/mol. The van der Waals surface area contributed by atoms with Crippen LogP contribution in [0.1, 0.15) is 26.2 Å². The zero-order valence-electron chi connectivity index (χ0n) is 11.9. The van der Waals surface area contributed by atoms with E-state index < -0.39 is 0 Å². The summed E-state index contributed by atoms with van der Waals surface area (Å²) in [7, 11) is 2.30. The van der Waals surface area contributed by atoms with E-state index in [0.29, 0.717) is 5.41 Å². The second-order valence-corrected chi connectivity index (χ2v) is 7.02. The van der Waals surface area contributed by atoms with E-state index in [-0.39, 0.29) is 0 Å². The zero-order valence-corrected chi connectivity index (χ0v) is 12.7. The predicted octanol–water partition coefficient (Wildman–Crippen LogP) is 1.83. The minimum atomic E-state index is 0.344. The maximum Gasteiger partial charge on any atom is 0.0546 e. The molecule has 0 aromatic heterocycles. The lowest BCUT2D eigenvalue weighted by Gasteiger charge is -2.41. The molecule has 2 aliphatic rings. The van der Waals surface area contributed by atoms with E-state index in [9.17, 15) is 0 Å². The number of nitrogens with one attached hydrogen (secondary N) is 1. The van der Waals surface area contributed by atoms with Gasteiger partial charge in [0.2, 0.25) is 0 Å². The smallest absolute Gasteiger partial charge is 0.0546 e. The van der Waals surface area contributed by atoms with Crippen LogP contribution in [-0.4, -0.2) is 62.3 Å². The molecule has 2 atom stereocenters. The van der Waals surface area contributed by atoms with Gasteiger partial charge in [-0.3, -0.25) is 0 Å². The maximum atomic E-state index is 5.77. The van der Waals surface area contributed by atoms with E-state index in [1.807, 2.05) is 0 Å². The number of nitrogens with zero attached hydrogens (tertiary/aromatic N) is 1. The third-order valence-corrected chi connectivity index (χ3v) is 5.41. The van der Waals surface area contributed by atoms with Crippen LogP contribution in [0.4, 0.5) is 0 Å². The van der Waals surface area contributed by atoms with Crippen molar-refractivity contribution in [3.8, 4) is 0 Å². The molecule has 0 spiro atoms. The Morgan fingerprint density at radius 3 is 3.00 bits per heavy atom. The van der Waals surface area contributed by atoms with Gasteiger partial charge < -0.3 is 15.0 Å². The first-order valence-electron chi connectivity index (χ1n) is 7.32. The van der Waals surface area contributed by atoms with E-state index in [0.717, 1.165) is 32.3 Å². The fraction of sp³-hybridized carbons (Fsp3) is 1.00. The summed E-state index contributed by atoms with van der Waals surface area (Å²) in [6, 6.07) is 0.787. The third kappa shape index (κ3) is 3.86. The molecular formula is C14H28N2OS. The molecule has 0 saturated carbocycles. The first-order chi connectivity index (χ1) is 8.76. The highest BCUT2D eigenvalue weighted by Gasteiger charge is 2.35. The summed E-state index contributed by atoms with van der Waals surface area (Å²) in [5.41, 5.74) is 0.344. The lowest BCUT2D eigenvalue weighted by molar-refractivity contribution is -0.0266. The lowest BCUT2D eigenvalue weighted by atomic mass is 9.81. The van der Waals surface area contributed by atoms with Crippen LogP contribution in [-0.2, 0) is 4.74 Å². The Balaban J connectivity index is 1.90. The zero-order chi connectivity index (χ0) is 12.8. The molecule has 2 fully saturated rings. The molecule has 4 heteroatoms. The fourth-order valence-corrected chi connectivity index (χ4v) is 4.45. The van der Waals surface area contributed by atoms with E-state index in [4.69, 9.17) is 4.74 Å². The second-order valence-electron chi connectivity index (χ2n) is 5.87. The van der Waals surface area contributed by atoms with Crippen molar-refractivity contribution in [2.24, 2.45) is 5.41 Å². The molecule has 1 N–H and O–H groups in total. The van der Waals surface area contributed by atoms with Crippen LogP contribution in [0.3, 0.4) is 0 Å². The molecule has 18 heavy (non-hydrogen) atoms. The molecule has 2 aliphatic heterocycles. The van der Waals surface area contributed by atoms with Crippen molar-refractivity contribution in [3.63, 3.8) is 0 Å². The summed E-state index contributed by atoms with van der Waals surface area (Å²) >= 11 is 2.10. The molecule has 2 rings (SSSR count). The van der Waals surface area contributed by atoms with Crippen LogP contribution in [0.25, 0.3) is 0 Å². The molecule has 2 saturated heterocycles. The topological polar surface area (TPSA) is 24.5 Å². The van der Waals surface area contributed by atoms with E-state index >= 15 is 0 Å². The Morgan fingerprint density at radius 1 is 1.50 bits per heavy atom. The highest BCUT2D eigenvalue weighted by molar-refractivity contribution is 7.99. The Morgan fingerprint density at radius 2 is 2.39 bits per heavy atom. The molecule has 0 aliphatic carbocycles. The van der Waals surface area contributed by atoms with Crippen LogP contribution in [0.15, 0.2) is 0 Å². The second kappa shape index (κ2) is 7.13. The largest absolute Gasteiger partial charge is 0.381 e. The highest BCUT2D eigenvalue weighted by atomic mass is 32.2. The molecule has 0 radical (unpaired) electrons. The third-order valence-electron chi connectivity index (χ3n) is 4.27. The number of rotatable bonds is 6. The minimum Gasteiger partial charge on any atom is -0.381 e. The number of thioether (sulfide) groups is 1. The van der Waals surface area contributed by atoms with Gasteiger partial charge in [0.1, 0.15) is 0 Å². The van der Waals surface area contributed by atoms with Crippen molar-refractivity contribution < 1.29 is 4.74 Å². The van der Waals surface area contributed by atoms with Crippen molar-refractivity contribution >= 4 is 11.8 Å². The monoisotopic (exact) mass is 272 g/mol. The van der Waals surface area contributed by atoms with Gasteiger partial charge in [0, 0.05) is 36.9 Å². The van der Waals surface area contributed by atoms with Crippen molar-refractivity contribution in [2.75, 3.05) is 51.4 Å². The minimum absolute atomic E-state index is 0.344. The predicted molar refractivity (Wildman–Crippen MR) is 79.4 cm³/mol. The number of hydrogen-bond donors (Lipinski definition) is 1. The fourth-order valence-electron chi connectivity index (χ4n) is 3.15. The molecule has 106 valence electrons. The molecule has 3 nitrogen and oxygen atoms in total. The van der Waals surface area contributed by atoms with Gasteiger partial charge >= 0.3 is 0 Å². The lowest BCUT2D eigenvalue weighted by Crippen LogP contribution is -2.50. The molecule has 0 aromatic rings. The Kier molecular flexibility index (Phi) is 5.80. The summed E-state index contributed by atoms with van der Waals surface area (Å²) in [6.45, 7) is 7.43.